The highest BCUT2D eigenvalue weighted by Gasteiger charge is 2.44. The number of carboxylic acids is 1. The standard InChI is InChI=1S/C10H18N2O2/c1-11-3-7-5-12(2)6-8(4-11)9(7)10(13)14/h7-9H,3-6H2,1-2H3,(H,13,14). The topological polar surface area (TPSA) is 43.8 Å². The first-order valence-corrected chi connectivity index (χ1v) is 5.18. The Balaban J connectivity index is 2.17. The Kier molecular flexibility index (Phi) is 2.49. The van der Waals surface area contributed by atoms with E-state index in [4.69, 9.17) is 0 Å². The number of hydrogen-bond donors (Lipinski definition) is 1. The third-order valence-corrected chi connectivity index (χ3v) is 3.49. The Morgan fingerprint density at radius 2 is 1.43 bits per heavy atom. The molecular formula is C10H18N2O2. The highest BCUT2D eigenvalue weighted by molar-refractivity contribution is 5.71. The normalized spacial score (nSPS) is 39.7. The summed E-state index contributed by atoms with van der Waals surface area (Å²) < 4.78 is 0. The number of likely N-dealkylation sites (tertiary alicyclic amines) is 2. The van der Waals surface area contributed by atoms with E-state index < -0.39 is 5.97 Å². The minimum atomic E-state index is -0.596. The fourth-order valence-corrected chi connectivity index (χ4v) is 3.11. The molecule has 2 heterocycles. The van der Waals surface area contributed by atoms with Gasteiger partial charge in [-0.1, -0.05) is 0 Å². The number of aliphatic carboxylic acids is 1. The summed E-state index contributed by atoms with van der Waals surface area (Å²) in [5.74, 6) is -0.0754. The van der Waals surface area contributed by atoms with Crippen LogP contribution in [0.5, 0.6) is 0 Å². The van der Waals surface area contributed by atoms with E-state index in [1.54, 1.807) is 0 Å². The van der Waals surface area contributed by atoms with Crippen molar-refractivity contribution >= 4 is 5.97 Å². The zero-order valence-corrected chi connectivity index (χ0v) is 8.81. The molecule has 2 bridgehead atoms. The molecule has 0 radical (unpaired) electrons. The summed E-state index contributed by atoms with van der Waals surface area (Å²) in [6, 6.07) is 0. The number of fused-ring (bicyclic) bond motifs is 2. The molecule has 0 aliphatic carbocycles. The lowest BCUT2D eigenvalue weighted by atomic mass is 9.74. The Hall–Kier alpha value is -0.610. The van der Waals surface area contributed by atoms with Gasteiger partial charge in [0.2, 0.25) is 0 Å². The van der Waals surface area contributed by atoms with Gasteiger partial charge in [-0.05, 0) is 25.9 Å². The molecule has 2 aliphatic heterocycles. The maximum Gasteiger partial charge on any atom is 0.307 e. The van der Waals surface area contributed by atoms with Gasteiger partial charge in [0.1, 0.15) is 0 Å². The Labute approximate surface area is 84.5 Å². The molecule has 0 spiro atoms. The SMILES string of the molecule is CN1CC2CN(C)CC(C1)C2C(=O)O. The van der Waals surface area contributed by atoms with Crippen molar-refractivity contribution < 1.29 is 9.90 Å². The van der Waals surface area contributed by atoms with Gasteiger partial charge in [0.25, 0.3) is 0 Å². The molecule has 2 rings (SSSR count). The molecular weight excluding hydrogens is 180 g/mol. The number of nitrogens with zero attached hydrogens (tertiary/aromatic N) is 2. The van der Waals surface area contributed by atoms with E-state index in [0.717, 1.165) is 26.2 Å². The average molecular weight is 198 g/mol. The minimum absolute atomic E-state index is 0.109. The lowest BCUT2D eigenvalue weighted by molar-refractivity contribution is -0.152. The second-order valence-electron chi connectivity index (χ2n) is 4.83. The van der Waals surface area contributed by atoms with Gasteiger partial charge in [-0.25, -0.2) is 0 Å². The van der Waals surface area contributed by atoms with Crippen molar-refractivity contribution in [3.05, 3.63) is 0 Å². The van der Waals surface area contributed by atoms with Crippen molar-refractivity contribution in [2.45, 2.75) is 0 Å². The molecule has 0 saturated carbocycles. The van der Waals surface area contributed by atoms with Gasteiger partial charge in [-0.3, -0.25) is 4.79 Å². The monoisotopic (exact) mass is 198 g/mol. The second kappa shape index (κ2) is 3.51. The van der Waals surface area contributed by atoms with Crippen molar-refractivity contribution in [2.24, 2.45) is 17.8 Å². The molecule has 4 heteroatoms. The van der Waals surface area contributed by atoms with Crippen LogP contribution in [0.1, 0.15) is 0 Å². The van der Waals surface area contributed by atoms with Crippen LogP contribution in [0.4, 0.5) is 0 Å². The fraction of sp³-hybridized carbons (Fsp3) is 0.900. The van der Waals surface area contributed by atoms with E-state index in [1.807, 2.05) is 0 Å². The van der Waals surface area contributed by atoms with Crippen LogP contribution in [0.25, 0.3) is 0 Å². The van der Waals surface area contributed by atoms with E-state index in [0.29, 0.717) is 11.8 Å². The molecule has 0 aromatic heterocycles. The summed E-state index contributed by atoms with van der Waals surface area (Å²) in [5.41, 5.74) is 0. The first kappa shape index (κ1) is 9.93. The van der Waals surface area contributed by atoms with E-state index >= 15 is 0 Å². The van der Waals surface area contributed by atoms with E-state index in [1.165, 1.54) is 0 Å². The molecule has 0 aromatic carbocycles. The third kappa shape index (κ3) is 1.64. The van der Waals surface area contributed by atoms with Crippen LogP contribution in [0.2, 0.25) is 0 Å². The van der Waals surface area contributed by atoms with Crippen LogP contribution >= 0.6 is 0 Å². The zero-order chi connectivity index (χ0) is 10.3. The fourth-order valence-electron chi connectivity index (χ4n) is 3.11. The van der Waals surface area contributed by atoms with Gasteiger partial charge in [0, 0.05) is 26.2 Å². The maximum atomic E-state index is 11.1. The predicted molar refractivity (Wildman–Crippen MR) is 53.1 cm³/mol. The van der Waals surface area contributed by atoms with Crippen molar-refractivity contribution in [1.29, 1.82) is 0 Å². The number of carbonyl (C=O) groups is 1. The summed E-state index contributed by atoms with van der Waals surface area (Å²) in [4.78, 5) is 15.7. The van der Waals surface area contributed by atoms with Gasteiger partial charge in [-0.15, -0.1) is 0 Å². The van der Waals surface area contributed by atoms with Crippen LogP contribution in [0.15, 0.2) is 0 Å². The van der Waals surface area contributed by atoms with Crippen molar-refractivity contribution in [3.8, 4) is 0 Å². The van der Waals surface area contributed by atoms with Crippen LogP contribution in [-0.2, 0) is 4.79 Å². The van der Waals surface area contributed by atoms with Gasteiger partial charge in [0.15, 0.2) is 0 Å². The highest BCUT2D eigenvalue weighted by Crippen LogP contribution is 2.33. The molecule has 0 amide bonds. The molecule has 4 nitrogen and oxygen atoms in total. The third-order valence-electron chi connectivity index (χ3n) is 3.49. The van der Waals surface area contributed by atoms with E-state index in [9.17, 15) is 9.90 Å². The number of rotatable bonds is 1. The molecule has 14 heavy (non-hydrogen) atoms. The highest BCUT2D eigenvalue weighted by atomic mass is 16.4. The van der Waals surface area contributed by atoms with Crippen molar-refractivity contribution in [2.75, 3.05) is 40.3 Å². The van der Waals surface area contributed by atoms with Gasteiger partial charge < -0.3 is 14.9 Å². The first-order chi connectivity index (χ1) is 6.58. The molecule has 0 atom stereocenters. The van der Waals surface area contributed by atoms with Gasteiger partial charge in [0.05, 0.1) is 5.92 Å². The number of piperidine rings is 2. The quantitative estimate of drug-likeness (QED) is 0.634. The van der Waals surface area contributed by atoms with Gasteiger partial charge >= 0.3 is 5.97 Å². The Bertz CT molecular complexity index is 214. The number of carboxylic acid groups (broad SMARTS) is 1. The lowest BCUT2D eigenvalue weighted by Crippen LogP contribution is -2.57. The smallest absolute Gasteiger partial charge is 0.307 e. The molecule has 2 aliphatic rings. The zero-order valence-electron chi connectivity index (χ0n) is 8.81. The average Bonchev–Trinajstić information content (AvgIpc) is 1.99. The molecule has 0 unspecified atom stereocenters. The maximum absolute atomic E-state index is 11.1. The van der Waals surface area contributed by atoms with Crippen LogP contribution < -0.4 is 0 Å². The van der Waals surface area contributed by atoms with Crippen LogP contribution in [-0.4, -0.2) is 61.2 Å². The second-order valence-corrected chi connectivity index (χ2v) is 4.83. The minimum Gasteiger partial charge on any atom is -0.481 e. The summed E-state index contributed by atoms with van der Waals surface area (Å²) >= 11 is 0. The summed E-state index contributed by atoms with van der Waals surface area (Å²) in [6.45, 7) is 3.71. The summed E-state index contributed by atoms with van der Waals surface area (Å²) in [6.07, 6.45) is 0. The molecule has 2 saturated heterocycles. The van der Waals surface area contributed by atoms with E-state index in [-0.39, 0.29) is 5.92 Å². The van der Waals surface area contributed by atoms with Crippen LogP contribution in [0.3, 0.4) is 0 Å². The van der Waals surface area contributed by atoms with E-state index in [2.05, 4.69) is 23.9 Å². The van der Waals surface area contributed by atoms with Crippen molar-refractivity contribution in [1.82, 2.24) is 9.80 Å². The number of hydrogen-bond acceptors (Lipinski definition) is 3. The molecule has 1 N–H and O–H groups in total. The lowest BCUT2D eigenvalue weighted by Gasteiger charge is -2.47. The Morgan fingerprint density at radius 3 is 1.71 bits per heavy atom. The van der Waals surface area contributed by atoms with Gasteiger partial charge in [-0.2, -0.15) is 0 Å². The largest absolute Gasteiger partial charge is 0.481 e. The van der Waals surface area contributed by atoms with Crippen molar-refractivity contribution in [3.63, 3.8) is 0 Å². The van der Waals surface area contributed by atoms with Crippen LogP contribution in [0, 0.1) is 17.8 Å². The Morgan fingerprint density at radius 1 is 1.07 bits per heavy atom. The first-order valence-electron chi connectivity index (χ1n) is 5.18. The predicted octanol–water partition coefficient (Wildman–Crippen LogP) is -0.190. The molecule has 2 fully saturated rings. The summed E-state index contributed by atoms with van der Waals surface area (Å²) in [7, 11) is 4.17. The molecule has 0 aromatic rings. The summed E-state index contributed by atoms with van der Waals surface area (Å²) in [5, 5.41) is 9.18. The molecule has 80 valence electrons.